The first-order chi connectivity index (χ1) is 11.3. The number of hydrogen-bond acceptors (Lipinski definition) is 3. The summed E-state index contributed by atoms with van der Waals surface area (Å²) in [5.41, 5.74) is 2.47. The number of nitrogens with one attached hydrogen (secondary N) is 1. The number of piperazine rings is 1. The fourth-order valence-corrected chi connectivity index (χ4v) is 3.29. The zero-order valence-electron chi connectivity index (χ0n) is 13.5. The molecule has 0 radical (unpaired) electrons. The summed E-state index contributed by atoms with van der Waals surface area (Å²) in [7, 11) is 0. The summed E-state index contributed by atoms with van der Waals surface area (Å²) in [5, 5.41) is 4.20. The second-order valence-corrected chi connectivity index (χ2v) is 6.15. The Bertz CT molecular complexity index is 624. The minimum Gasteiger partial charge on any atom is -0.494 e. The van der Waals surface area contributed by atoms with Crippen LogP contribution in [0.5, 0.6) is 5.75 Å². The van der Waals surface area contributed by atoms with Crippen LogP contribution in [0.4, 0.5) is 0 Å². The summed E-state index contributed by atoms with van der Waals surface area (Å²) in [6, 6.07) is 16.7. The molecule has 4 heteroatoms. The number of halogens is 1. The number of benzene rings is 2. The van der Waals surface area contributed by atoms with Crippen molar-refractivity contribution in [2.24, 2.45) is 0 Å². The van der Waals surface area contributed by atoms with Crippen LogP contribution in [0.2, 0.25) is 5.02 Å². The molecule has 1 saturated heterocycles. The van der Waals surface area contributed by atoms with E-state index in [1.807, 2.05) is 25.1 Å². The third-order valence-electron chi connectivity index (χ3n) is 4.22. The minimum absolute atomic E-state index is 0.192. The molecule has 3 rings (SSSR count). The van der Waals surface area contributed by atoms with Crippen LogP contribution in [0, 0.1) is 0 Å². The van der Waals surface area contributed by atoms with Crippen LogP contribution < -0.4 is 10.1 Å². The number of rotatable bonds is 5. The first kappa shape index (κ1) is 16.3. The van der Waals surface area contributed by atoms with Crippen LogP contribution in [0.1, 0.15) is 24.1 Å². The van der Waals surface area contributed by atoms with E-state index in [9.17, 15) is 0 Å². The van der Waals surface area contributed by atoms with Gasteiger partial charge in [0.2, 0.25) is 0 Å². The van der Waals surface area contributed by atoms with Gasteiger partial charge in [-0.05, 0) is 30.7 Å². The first-order valence-electron chi connectivity index (χ1n) is 8.21. The number of nitrogens with zero attached hydrogens (tertiary/aromatic N) is 1. The predicted molar refractivity (Wildman–Crippen MR) is 95.3 cm³/mol. The molecule has 1 aliphatic rings. The molecule has 2 aromatic rings. The fourth-order valence-electron chi connectivity index (χ4n) is 3.17. The Balaban J connectivity index is 2.02. The van der Waals surface area contributed by atoms with Crippen molar-refractivity contribution in [2.75, 3.05) is 32.8 Å². The van der Waals surface area contributed by atoms with E-state index in [1.165, 1.54) is 11.1 Å². The Kier molecular flexibility index (Phi) is 5.55. The predicted octanol–water partition coefficient (Wildman–Crippen LogP) is 3.73. The van der Waals surface area contributed by atoms with Gasteiger partial charge in [0.15, 0.2) is 0 Å². The van der Waals surface area contributed by atoms with Gasteiger partial charge in [-0.2, -0.15) is 0 Å². The zero-order chi connectivity index (χ0) is 16.1. The van der Waals surface area contributed by atoms with E-state index in [0.29, 0.717) is 6.61 Å². The van der Waals surface area contributed by atoms with Crippen LogP contribution >= 0.6 is 11.6 Å². The number of ether oxygens (including phenoxy) is 1. The maximum Gasteiger partial charge on any atom is 0.124 e. The maximum atomic E-state index is 6.08. The molecule has 0 amide bonds. The molecule has 1 N–H and O–H groups in total. The van der Waals surface area contributed by atoms with Gasteiger partial charge in [-0.3, -0.25) is 4.90 Å². The molecule has 0 aromatic heterocycles. The van der Waals surface area contributed by atoms with E-state index < -0.39 is 0 Å². The van der Waals surface area contributed by atoms with Gasteiger partial charge in [-0.25, -0.2) is 0 Å². The molecular weight excluding hydrogens is 308 g/mol. The van der Waals surface area contributed by atoms with Crippen LogP contribution in [-0.2, 0) is 0 Å². The fraction of sp³-hybridized carbons (Fsp3) is 0.368. The summed E-state index contributed by atoms with van der Waals surface area (Å²) in [6.45, 7) is 6.77. The maximum absolute atomic E-state index is 6.08. The van der Waals surface area contributed by atoms with Crippen molar-refractivity contribution in [1.82, 2.24) is 10.2 Å². The average Bonchev–Trinajstić information content (AvgIpc) is 2.60. The molecule has 122 valence electrons. The number of hydrogen-bond donors (Lipinski definition) is 1. The molecule has 1 aliphatic heterocycles. The average molecular weight is 331 g/mol. The van der Waals surface area contributed by atoms with E-state index in [-0.39, 0.29) is 6.04 Å². The molecule has 1 atom stereocenters. The molecule has 2 aromatic carbocycles. The topological polar surface area (TPSA) is 24.5 Å². The lowest BCUT2D eigenvalue weighted by molar-refractivity contribution is 0.194. The molecule has 0 saturated carbocycles. The van der Waals surface area contributed by atoms with Gasteiger partial charge in [0.25, 0.3) is 0 Å². The summed E-state index contributed by atoms with van der Waals surface area (Å²) in [6.07, 6.45) is 0. The first-order valence-corrected chi connectivity index (χ1v) is 8.59. The van der Waals surface area contributed by atoms with Gasteiger partial charge in [0.1, 0.15) is 5.75 Å². The zero-order valence-corrected chi connectivity index (χ0v) is 14.2. The normalized spacial score (nSPS) is 17.0. The van der Waals surface area contributed by atoms with Gasteiger partial charge >= 0.3 is 0 Å². The lowest BCUT2D eigenvalue weighted by Gasteiger charge is -2.36. The van der Waals surface area contributed by atoms with Crippen LogP contribution in [-0.4, -0.2) is 37.7 Å². The highest BCUT2D eigenvalue weighted by Crippen LogP contribution is 2.35. The Hall–Kier alpha value is -1.55. The highest BCUT2D eigenvalue weighted by Gasteiger charge is 2.26. The second kappa shape index (κ2) is 7.82. The van der Waals surface area contributed by atoms with Crippen molar-refractivity contribution in [3.63, 3.8) is 0 Å². The van der Waals surface area contributed by atoms with Crippen molar-refractivity contribution in [3.8, 4) is 5.75 Å². The third-order valence-corrected chi connectivity index (χ3v) is 4.47. The highest BCUT2D eigenvalue weighted by atomic mass is 35.5. The van der Waals surface area contributed by atoms with Crippen molar-refractivity contribution in [2.45, 2.75) is 13.0 Å². The molecule has 0 bridgehead atoms. The SMILES string of the molecule is CCOc1ccccc1C(c1ccc(Cl)cc1)N1CCNCC1. The van der Waals surface area contributed by atoms with Gasteiger partial charge < -0.3 is 10.1 Å². The molecule has 3 nitrogen and oxygen atoms in total. The van der Waals surface area contributed by atoms with Crippen LogP contribution in [0.25, 0.3) is 0 Å². The van der Waals surface area contributed by atoms with E-state index in [2.05, 4.69) is 40.5 Å². The minimum atomic E-state index is 0.192. The molecule has 0 spiro atoms. The van der Waals surface area contributed by atoms with E-state index in [0.717, 1.165) is 37.0 Å². The molecule has 1 unspecified atom stereocenters. The third kappa shape index (κ3) is 3.86. The Morgan fingerprint density at radius 1 is 1.09 bits per heavy atom. The Morgan fingerprint density at radius 2 is 1.78 bits per heavy atom. The van der Waals surface area contributed by atoms with Crippen LogP contribution in [0.15, 0.2) is 48.5 Å². The van der Waals surface area contributed by atoms with Crippen molar-refractivity contribution in [1.29, 1.82) is 0 Å². The smallest absolute Gasteiger partial charge is 0.124 e. The van der Waals surface area contributed by atoms with E-state index in [1.54, 1.807) is 0 Å². The molecular formula is C19H23ClN2O. The quantitative estimate of drug-likeness (QED) is 0.904. The summed E-state index contributed by atoms with van der Waals surface area (Å²) in [4.78, 5) is 2.51. The molecule has 0 aliphatic carbocycles. The lowest BCUT2D eigenvalue weighted by Crippen LogP contribution is -2.45. The second-order valence-electron chi connectivity index (χ2n) is 5.71. The van der Waals surface area contributed by atoms with Gasteiger partial charge in [-0.15, -0.1) is 0 Å². The summed E-state index contributed by atoms with van der Waals surface area (Å²) < 4.78 is 5.89. The number of para-hydroxylation sites is 1. The van der Waals surface area contributed by atoms with Gasteiger partial charge in [0, 0.05) is 36.8 Å². The van der Waals surface area contributed by atoms with Crippen molar-refractivity contribution in [3.05, 3.63) is 64.7 Å². The monoisotopic (exact) mass is 330 g/mol. The Morgan fingerprint density at radius 3 is 2.48 bits per heavy atom. The molecule has 23 heavy (non-hydrogen) atoms. The lowest BCUT2D eigenvalue weighted by atomic mass is 9.95. The van der Waals surface area contributed by atoms with Gasteiger partial charge in [-0.1, -0.05) is 41.9 Å². The van der Waals surface area contributed by atoms with Crippen molar-refractivity contribution < 1.29 is 4.74 Å². The Labute approximate surface area is 143 Å². The van der Waals surface area contributed by atoms with E-state index in [4.69, 9.17) is 16.3 Å². The van der Waals surface area contributed by atoms with Crippen molar-refractivity contribution >= 4 is 11.6 Å². The van der Waals surface area contributed by atoms with E-state index >= 15 is 0 Å². The molecule has 1 heterocycles. The summed E-state index contributed by atoms with van der Waals surface area (Å²) >= 11 is 6.08. The van der Waals surface area contributed by atoms with Gasteiger partial charge in [0.05, 0.1) is 12.6 Å². The highest BCUT2D eigenvalue weighted by molar-refractivity contribution is 6.30. The summed E-state index contributed by atoms with van der Waals surface area (Å²) in [5.74, 6) is 0.966. The van der Waals surface area contributed by atoms with Crippen LogP contribution in [0.3, 0.4) is 0 Å². The largest absolute Gasteiger partial charge is 0.494 e. The standard InChI is InChI=1S/C19H23ClN2O/c1-2-23-18-6-4-3-5-17(18)19(22-13-11-21-12-14-22)15-7-9-16(20)10-8-15/h3-10,19,21H,2,11-14H2,1H3. The molecule has 1 fully saturated rings.